The molecule has 0 N–H and O–H groups in total. The molecule has 1 aromatic heterocycles. The third-order valence-corrected chi connectivity index (χ3v) is 3.33. The number of amides is 1. The number of aromatic nitrogens is 3. The molecule has 0 saturated heterocycles. The maximum atomic E-state index is 12.2. The molecule has 0 bridgehead atoms. The average molecular weight is 309 g/mol. The molecule has 0 radical (unpaired) electrons. The minimum atomic E-state index is -0.381. The highest BCUT2D eigenvalue weighted by atomic mass is 35.5. The van der Waals surface area contributed by atoms with E-state index in [1.54, 1.807) is 43.1 Å². The Morgan fingerprint density at radius 3 is 2.76 bits per heavy atom. The highest BCUT2D eigenvalue weighted by Crippen LogP contribution is 2.15. The number of hydrogen-bond acceptors (Lipinski definition) is 4. The van der Waals surface area contributed by atoms with Crippen molar-refractivity contribution in [2.45, 2.75) is 13.0 Å². The van der Waals surface area contributed by atoms with E-state index in [1.807, 2.05) is 0 Å². The number of halogens is 1. The second-order valence-electron chi connectivity index (χ2n) is 4.61. The van der Waals surface area contributed by atoms with Gasteiger partial charge < -0.3 is 9.64 Å². The monoisotopic (exact) mass is 308 g/mol. The molecule has 2 rings (SSSR count). The van der Waals surface area contributed by atoms with Crippen molar-refractivity contribution < 1.29 is 9.53 Å². The Labute approximate surface area is 128 Å². The van der Waals surface area contributed by atoms with E-state index in [4.69, 9.17) is 16.3 Å². The van der Waals surface area contributed by atoms with Crippen molar-refractivity contribution in [3.63, 3.8) is 0 Å². The van der Waals surface area contributed by atoms with Gasteiger partial charge in [-0.1, -0.05) is 11.6 Å². The fraction of sp³-hybridized carbons (Fsp3) is 0.357. The van der Waals surface area contributed by atoms with Crippen LogP contribution in [-0.2, 0) is 4.79 Å². The number of carbonyl (C=O) groups is 1. The molecule has 0 unspecified atom stereocenters. The Bertz CT molecular complexity index is 571. The van der Waals surface area contributed by atoms with Gasteiger partial charge in [0.25, 0.3) is 0 Å². The van der Waals surface area contributed by atoms with Crippen LogP contribution in [0.15, 0.2) is 36.9 Å². The molecule has 112 valence electrons. The van der Waals surface area contributed by atoms with Gasteiger partial charge in [0.05, 0.1) is 6.54 Å². The van der Waals surface area contributed by atoms with Gasteiger partial charge in [0.15, 0.2) is 0 Å². The molecule has 0 aliphatic carbocycles. The summed E-state index contributed by atoms with van der Waals surface area (Å²) in [4.78, 5) is 17.6. The summed E-state index contributed by atoms with van der Waals surface area (Å²) in [6.07, 6.45) is 2.94. The van der Waals surface area contributed by atoms with Gasteiger partial charge in [0.1, 0.15) is 31.1 Å². The van der Waals surface area contributed by atoms with Crippen LogP contribution >= 0.6 is 11.6 Å². The SMILES string of the molecule is C[C@H](C(=O)N(C)CCOc1ccc(Cl)cc1)n1cncn1. The van der Waals surface area contributed by atoms with Crippen LogP contribution in [0.25, 0.3) is 0 Å². The molecule has 1 heterocycles. The molecule has 0 saturated carbocycles. The normalized spacial score (nSPS) is 12.0. The summed E-state index contributed by atoms with van der Waals surface area (Å²) >= 11 is 5.80. The molecule has 0 aliphatic heterocycles. The summed E-state index contributed by atoms with van der Waals surface area (Å²) in [6.45, 7) is 2.68. The Kier molecular flexibility index (Phi) is 5.16. The van der Waals surface area contributed by atoms with Crippen molar-refractivity contribution >= 4 is 17.5 Å². The van der Waals surface area contributed by atoms with Crippen molar-refractivity contribution in [2.24, 2.45) is 0 Å². The lowest BCUT2D eigenvalue weighted by atomic mass is 10.3. The first-order chi connectivity index (χ1) is 10.1. The molecule has 1 atom stereocenters. The van der Waals surface area contributed by atoms with Crippen molar-refractivity contribution in [3.05, 3.63) is 41.9 Å². The lowest BCUT2D eigenvalue weighted by Crippen LogP contribution is -2.36. The Balaban J connectivity index is 1.80. The molecule has 1 amide bonds. The van der Waals surface area contributed by atoms with Gasteiger partial charge in [-0.3, -0.25) is 4.79 Å². The van der Waals surface area contributed by atoms with E-state index in [2.05, 4.69) is 10.1 Å². The van der Waals surface area contributed by atoms with E-state index in [-0.39, 0.29) is 11.9 Å². The second-order valence-corrected chi connectivity index (χ2v) is 5.05. The zero-order valence-electron chi connectivity index (χ0n) is 11.9. The number of nitrogens with zero attached hydrogens (tertiary/aromatic N) is 4. The van der Waals surface area contributed by atoms with Crippen LogP contribution in [0, 0.1) is 0 Å². The van der Waals surface area contributed by atoms with Crippen LogP contribution in [-0.4, -0.2) is 45.8 Å². The summed E-state index contributed by atoms with van der Waals surface area (Å²) in [7, 11) is 1.74. The molecule has 0 spiro atoms. The molecule has 21 heavy (non-hydrogen) atoms. The van der Waals surface area contributed by atoms with Crippen LogP contribution in [0.5, 0.6) is 5.75 Å². The predicted octanol–water partition coefficient (Wildman–Crippen LogP) is 2.03. The maximum Gasteiger partial charge on any atom is 0.247 e. The lowest BCUT2D eigenvalue weighted by Gasteiger charge is -2.21. The smallest absolute Gasteiger partial charge is 0.247 e. The fourth-order valence-electron chi connectivity index (χ4n) is 1.79. The maximum absolute atomic E-state index is 12.2. The van der Waals surface area contributed by atoms with Crippen LogP contribution in [0.2, 0.25) is 5.02 Å². The summed E-state index contributed by atoms with van der Waals surface area (Å²) in [5.74, 6) is 0.685. The number of hydrogen-bond donors (Lipinski definition) is 0. The molecule has 7 heteroatoms. The highest BCUT2D eigenvalue weighted by molar-refractivity contribution is 6.30. The minimum Gasteiger partial charge on any atom is -0.492 e. The molecule has 6 nitrogen and oxygen atoms in total. The lowest BCUT2D eigenvalue weighted by molar-refractivity contribution is -0.133. The summed E-state index contributed by atoms with van der Waals surface area (Å²) in [5.41, 5.74) is 0. The molecular weight excluding hydrogens is 292 g/mol. The Hall–Kier alpha value is -2.08. The third kappa shape index (κ3) is 4.19. The first-order valence-corrected chi connectivity index (χ1v) is 6.93. The van der Waals surface area contributed by atoms with Gasteiger partial charge in [-0.25, -0.2) is 9.67 Å². The highest BCUT2D eigenvalue weighted by Gasteiger charge is 2.19. The van der Waals surface area contributed by atoms with Gasteiger partial charge in [0, 0.05) is 12.1 Å². The number of ether oxygens (including phenoxy) is 1. The Morgan fingerprint density at radius 2 is 2.14 bits per heavy atom. The standard InChI is InChI=1S/C14H17ClN4O2/c1-11(19-10-16-9-17-19)14(20)18(2)7-8-21-13-5-3-12(15)4-6-13/h3-6,9-11H,7-8H2,1-2H3/t11-/m1/s1. The zero-order chi connectivity index (χ0) is 15.2. The van der Waals surface area contributed by atoms with Crippen LogP contribution in [0.3, 0.4) is 0 Å². The van der Waals surface area contributed by atoms with Gasteiger partial charge in [-0.2, -0.15) is 5.10 Å². The van der Waals surface area contributed by atoms with E-state index in [9.17, 15) is 4.79 Å². The number of likely N-dealkylation sites (N-methyl/N-ethyl adjacent to an activating group) is 1. The van der Waals surface area contributed by atoms with E-state index in [0.29, 0.717) is 18.2 Å². The molecule has 1 aromatic carbocycles. The quantitative estimate of drug-likeness (QED) is 0.819. The number of rotatable bonds is 6. The van der Waals surface area contributed by atoms with Crippen LogP contribution < -0.4 is 4.74 Å². The zero-order valence-corrected chi connectivity index (χ0v) is 12.7. The molecule has 0 fully saturated rings. The van der Waals surface area contributed by atoms with E-state index in [1.165, 1.54) is 17.3 Å². The van der Waals surface area contributed by atoms with E-state index < -0.39 is 0 Å². The van der Waals surface area contributed by atoms with Crippen LogP contribution in [0.4, 0.5) is 0 Å². The first-order valence-electron chi connectivity index (χ1n) is 6.55. The van der Waals surface area contributed by atoms with Gasteiger partial charge in [-0.05, 0) is 31.2 Å². The van der Waals surface area contributed by atoms with Crippen molar-refractivity contribution in [2.75, 3.05) is 20.2 Å². The van der Waals surface area contributed by atoms with Crippen molar-refractivity contribution in [1.82, 2.24) is 19.7 Å². The molecule has 0 aliphatic rings. The van der Waals surface area contributed by atoms with E-state index >= 15 is 0 Å². The predicted molar refractivity (Wildman–Crippen MR) is 79.3 cm³/mol. The van der Waals surface area contributed by atoms with E-state index in [0.717, 1.165) is 5.75 Å². The van der Waals surface area contributed by atoms with Crippen molar-refractivity contribution in [1.29, 1.82) is 0 Å². The van der Waals surface area contributed by atoms with Gasteiger partial charge in [0.2, 0.25) is 5.91 Å². The molecular formula is C14H17ClN4O2. The number of carbonyl (C=O) groups excluding carboxylic acids is 1. The van der Waals surface area contributed by atoms with Crippen LogP contribution in [0.1, 0.15) is 13.0 Å². The van der Waals surface area contributed by atoms with Gasteiger partial charge in [-0.15, -0.1) is 0 Å². The Morgan fingerprint density at radius 1 is 1.43 bits per heavy atom. The third-order valence-electron chi connectivity index (χ3n) is 3.08. The topological polar surface area (TPSA) is 60.2 Å². The number of benzene rings is 1. The molecule has 2 aromatic rings. The average Bonchev–Trinajstić information content (AvgIpc) is 3.02. The van der Waals surface area contributed by atoms with Gasteiger partial charge >= 0.3 is 0 Å². The largest absolute Gasteiger partial charge is 0.492 e. The minimum absolute atomic E-state index is 0.0415. The summed E-state index contributed by atoms with van der Waals surface area (Å²) < 4.78 is 7.09. The van der Waals surface area contributed by atoms with Crippen molar-refractivity contribution in [3.8, 4) is 5.75 Å². The fourth-order valence-corrected chi connectivity index (χ4v) is 1.92. The first kappa shape index (κ1) is 15.3. The second kappa shape index (κ2) is 7.08. The summed E-state index contributed by atoms with van der Waals surface area (Å²) in [6, 6.07) is 6.73. The summed E-state index contributed by atoms with van der Waals surface area (Å²) in [5, 5.41) is 4.63.